The zero-order valence-electron chi connectivity index (χ0n) is 15.6. The van der Waals surface area contributed by atoms with Crippen LogP contribution in [0.4, 0.5) is 4.39 Å². The molecule has 2 heterocycles. The van der Waals surface area contributed by atoms with E-state index in [-0.39, 0.29) is 11.8 Å². The van der Waals surface area contributed by atoms with Crippen molar-refractivity contribution >= 4 is 22.7 Å². The SMILES string of the molecule is Cc1cc(C(=O)N2CCN(C(=O)c3cccc(F)c3)CC2)c2ccccc2n1. The largest absolute Gasteiger partial charge is 0.335 e. The Labute approximate surface area is 162 Å². The molecule has 1 fully saturated rings. The number of aromatic nitrogens is 1. The highest BCUT2D eigenvalue weighted by molar-refractivity contribution is 6.06. The van der Waals surface area contributed by atoms with E-state index in [0.29, 0.717) is 37.3 Å². The minimum absolute atomic E-state index is 0.0560. The van der Waals surface area contributed by atoms with Crippen LogP contribution in [-0.4, -0.2) is 52.8 Å². The summed E-state index contributed by atoms with van der Waals surface area (Å²) >= 11 is 0. The van der Waals surface area contributed by atoms with Crippen LogP contribution in [0.25, 0.3) is 10.9 Å². The first kappa shape index (κ1) is 18.1. The Morgan fingerprint density at radius 1 is 0.893 bits per heavy atom. The highest BCUT2D eigenvalue weighted by atomic mass is 19.1. The molecule has 1 aliphatic rings. The van der Waals surface area contributed by atoms with Crippen molar-refractivity contribution in [2.75, 3.05) is 26.2 Å². The zero-order valence-corrected chi connectivity index (χ0v) is 15.6. The maximum atomic E-state index is 13.4. The number of rotatable bonds is 2. The van der Waals surface area contributed by atoms with Crippen molar-refractivity contribution in [1.29, 1.82) is 0 Å². The molecule has 1 aliphatic heterocycles. The smallest absolute Gasteiger partial charge is 0.254 e. The topological polar surface area (TPSA) is 53.5 Å². The number of amides is 2. The van der Waals surface area contributed by atoms with E-state index in [1.807, 2.05) is 37.3 Å². The Bertz CT molecular complexity index is 1060. The van der Waals surface area contributed by atoms with Crippen molar-refractivity contribution in [3.05, 3.63) is 77.2 Å². The number of carbonyl (C=O) groups is 2. The maximum Gasteiger partial charge on any atom is 0.254 e. The van der Waals surface area contributed by atoms with Crippen LogP contribution < -0.4 is 0 Å². The fourth-order valence-corrected chi connectivity index (χ4v) is 3.57. The predicted molar refractivity (Wildman–Crippen MR) is 105 cm³/mol. The molecule has 6 heteroatoms. The summed E-state index contributed by atoms with van der Waals surface area (Å²) in [5.41, 5.74) is 2.55. The lowest BCUT2D eigenvalue weighted by Crippen LogP contribution is -2.50. The van der Waals surface area contributed by atoms with Gasteiger partial charge in [0.2, 0.25) is 0 Å². The first-order valence-electron chi connectivity index (χ1n) is 9.23. The summed E-state index contributed by atoms with van der Waals surface area (Å²) in [7, 11) is 0. The molecule has 3 aromatic rings. The first-order chi connectivity index (χ1) is 13.5. The second-order valence-corrected chi connectivity index (χ2v) is 6.92. The molecular formula is C22H20FN3O2. The second kappa shape index (κ2) is 7.38. The predicted octanol–water partition coefficient (Wildman–Crippen LogP) is 3.28. The molecule has 142 valence electrons. The zero-order chi connectivity index (χ0) is 19.7. The number of benzene rings is 2. The van der Waals surface area contributed by atoms with Gasteiger partial charge in [0.15, 0.2) is 0 Å². The quantitative estimate of drug-likeness (QED) is 0.689. The van der Waals surface area contributed by atoms with Crippen LogP contribution in [0.5, 0.6) is 0 Å². The molecular weight excluding hydrogens is 357 g/mol. The molecule has 2 aromatic carbocycles. The van der Waals surface area contributed by atoms with E-state index in [2.05, 4.69) is 4.98 Å². The molecule has 1 saturated heterocycles. The lowest BCUT2D eigenvalue weighted by molar-refractivity contribution is 0.0536. The fraction of sp³-hybridized carbons (Fsp3) is 0.227. The lowest BCUT2D eigenvalue weighted by Gasteiger charge is -2.35. The van der Waals surface area contributed by atoms with E-state index in [1.54, 1.807) is 15.9 Å². The molecule has 0 radical (unpaired) electrons. The van der Waals surface area contributed by atoms with Gasteiger partial charge in [-0.2, -0.15) is 0 Å². The Kier molecular flexibility index (Phi) is 4.77. The summed E-state index contributed by atoms with van der Waals surface area (Å²) in [6, 6.07) is 15.1. The molecule has 2 amide bonds. The van der Waals surface area contributed by atoms with E-state index in [9.17, 15) is 14.0 Å². The fourth-order valence-electron chi connectivity index (χ4n) is 3.57. The summed E-state index contributed by atoms with van der Waals surface area (Å²) in [4.78, 5) is 33.6. The normalized spacial score (nSPS) is 14.4. The van der Waals surface area contributed by atoms with Gasteiger partial charge in [0.25, 0.3) is 11.8 Å². The van der Waals surface area contributed by atoms with Crippen LogP contribution in [0, 0.1) is 12.7 Å². The summed E-state index contributed by atoms with van der Waals surface area (Å²) in [5, 5.41) is 0.830. The van der Waals surface area contributed by atoms with Gasteiger partial charge in [-0.1, -0.05) is 24.3 Å². The van der Waals surface area contributed by atoms with Crippen molar-refractivity contribution in [3.8, 4) is 0 Å². The minimum Gasteiger partial charge on any atom is -0.335 e. The highest BCUT2D eigenvalue weighted by Crippen LogP contribution is 2.21. The van der Waals surface area contributed by atoms with Crippen molar-refractivity contribution < 1.29 is 14.0 Å². The molecule has 0 bridgehead atoms. The summed E-state index contributed by atoms with van der Waals surface area (Å²) in [5.74, 6) is -0.698. The van der Waals surface area contributed by atoms with Crippen LogP contribution in [0.3, 0.4) is 0 Å². The number of aryl methyl sites for hydroxylation is 1. The van der Waals surface area contributed by atoms with Gasteiger partial charge in [0.05, 0.1) is 11.1 Å². The third-order valence-electron chi connectivity index (χ3n) is 5.00. The van der Waals surface area contributed by atoms with Gasteiger partial charge in [0, 0.05) is 42.8 Å². The number of pyridine rings is 1. The average molecular weight is 377 g/mol. The molecule has 4 rings (SSSR count). The van der Waals surface area contributed by atoms with Gasteiger partial charge < -0.3 is 9.80 Å². The summed E-state index contributed by atoms with van der Waals surface area (Å²) in [6.45, 7) is 3.59. The van der Waals surface area contributed by atoms with Crippen LogP contribution >= 0.6 is 0 Å². The molecule has 5 nitrogen and oxygen atoms in total. The second-order valence-electron chi connectivity index (χ2n) is 6.92. The molecule has 28 heavy (non-hydrogen) atoms. The third kappa shape index (κ3) is 3.45. The molecule has 0 unspecified atom stereocenters. The number of halogens is 1. The molecule has 0 spiro atoms. The Morgan fingerprint density at radius 2 is 1.57 bits per heavy atom. The van der Waals surface area contributed by atoms with Crippen molar-refractivity contribution in [3.63, 3.8) is 0 Å². The van der Waals surface area contributed by atoms with Gasteiger partial charge in [-0.05, 0) is 37.3 Å². The molecule has 0 N–H and O–H groups in total. The van der Waals surface area contributed by atoms with Crippen LogP contribution in [0.15, 0.2) is 54.6 Å². The first-order valence-corrected chi connectivity index (χ1v) is 9.23. The van der Waals surface area contributed by atoms with Crippen molar-refractivity contribution in [2.45, 2.75) is 6.92 Å². The van der Waals surface area contributed by atoms with E-state index in [0.717, 1.165) is 16.6 Å². The summed E-state index contributed by atoms with van der Waals surface area (Å²) < 4.78 is 13.4. The monoisotopic (exact) mass is 377 g/mol. The molecule has 0 aliphatic carbocycles. The number of para-hydroxylation sites is 1. The average Bonchev–Trinajstić information content (AvgIpc) is 2.72. The van der Waals surface area contributed by atoms with E-state index in [4.69, 9.17) is 0 Å². The molecule has 1 aromatic heterocycles. The summed E-state index contributed by atoms with van der Waals surface area (Å²) in [6.07, 6.45) is 0. The number of fused-ring (bicyclic) bond motifs is 1. The maximum absolute atomic E-state index is 13.4. The molecule has 0 atom stereocenters. The van der Waals surface area contributed by atoms with Gasteiger partial charge in [-0.25, -0.2) is 4.39 Å². The van der Waals surface area contributed by atoms with Crippen LogP contribution in [0.1, 0.15) is 26.4 Å². The van der Waals surface area contributed by atoms with E-state index >= 15 is 0 Å². The van der Waals surface area contributed by atoms with Crippen molar-refractivity contribution in [1.82, 2.24) is 14.8 Å². The van der Waals surface area contributed by atoms with Crippen LogP contribution in [0.2, 0.25) is 0 Å². The number of hydrogen-bond donors (Lipinski definition) is 0. The lowest BCUT2D eigenvalue weighted by atomic mass is 10.1. The van der Waals surface area contributed by atoms with Crippen molar-refractivity contribution in [2.24, 2.45) is 0 Å². The third-order valence-corrected chi connectivity index (χ3v) is 5.00. The van der Waals surface area contributed by atoms with Gasteiger partial charge in [-0.15, -0.1) is 0 Å². The Hall–Kier alpha value is -3.28. The van der Waals surface area contributed by atoms with Gasteiger partial charge in [-0.3, -0.25) is 14.6 Å². The van der Waals surface area contributed by atoms with Crippen LogP contribution in [-0.2, 0) is 0 Å². The number of piperazine rings is 1. The Morgan fingerprint density at radius 3 is 2.29 bits per heavy atom. The van der Waals surface area contributed by atoms with E-state index in [1.165, 1.54) is 18.2 Å². The highest BCUT2D eigenvalue weighted by Gasteiger charge is 2.26. The van der Waals surface area contributed by atoms with Gasteiger partial charge >= 0.3 is 0 Å². The number of nitrogens with zero attached hydrogens (tertiary/aromatic N) is 3. The minimum atomic E-state index is -0.431. The Balaban J connectivity index is 1.50. The molecule has 0 saturated carbocycles. The standard InChI is InChI=1S/C22H20FN3O2/c1-15-13-19(18-7-2-3-8-20(18)24-15)22(28)26-11-9-25(10-12-26)21(27)16-5-4-6-17(23)14-16/h2-8,13-14H,9-12H2,1H3. The number of carbonyl (C=O) groups excluding carboxylic acids is 2. The van der Waals surface area contributed by atoms with Gasteiger partial charge in [0.1, 0.15) is 5.82 Å². The van der Waals surface area contributed by atoms with E-state index < -0.39 is 5.82 Å². The number of hydrogen-bond acceptors (Lipinski definition) is 3.